The molecular weight excluding hydrogens is 460 g/mol. The molecule has 0 fully saturated rings. The Labute approximate surface area is 214 Å². The Balaban J connectivity index is 1.86. The number of esters is 3. The second kappa shape index (κ2) is 14.3. The summed E-state index contributed by atoms with van der Waals surface area (Å²) in [6.07, 6.45) is -0.534. The molecule has 2 rings (SSSR count). The normalized spacial score (nSPS) is 13.6. The number of ether oxygens (including phenoxy) is 4. The first-order valence-corrected chi connectivity index (χ1v) is 12.4. The van der Waals surface area contributed by atoms with Gasteiger partial charge in [0.15, 0.2) is 0 Å². The molecule has 2 aromatic rings. The van der Waals surface area contributed by atoms with Crippen LogP contribution in [0.5, 0.6) is 5.75 Å². The summed E-state index contributed by atoms with van der Waals surface area (Å²) in [4.78, 5) is 37.7. The highest BCUT2D eigenvalue weighted by Gasteiger charge is 2.36. The van der Waals surface area contributed by atoms with Crippen molar-refractivity contribution >= 4 is 17.9 Å². The van der Waals surface area contributed by atoms with Gasteiger partial charge in [-0.05, 0) is 57.4 Å². The zero-order chi connectivity index (χ0) is 26.7. The third-order valence-electron chi connectivity index (χ3n) is 5.55. The Bertz CT molecular complexity index is 967. The molecular formula is C29H38O7. The Morgan fingerprint density at radius 3 is 1.81 bits per heavy atom. The largest absolute Gasteiger partial charge is 0.490 e. The average molecular weight is 499 g/mol. The van der Waals surface area contributed by atoms with Crippen LogP contribution in [0.3, 0.4) is 0 Å². The van der Waals surface area contributed by atoms with E-state index in [0.29, 0.717) is 5.75 Å². The number of hydrogen-bond donors (Lipinski definition) is 0. The summed E-state index contributed by atoms with van der Waals surface area (Å²) in [5.74, 6) is -3.01. The van der Waals surface area contributed by atoms with Crippen molar-refractivity contribution < 1.29 is 33.3 Å². The summed E-state index contributed by atoms with van der Waals surface area (Å²) < 4.78 is 21.6. The molecule has 0 amide bonds. The molecule has 0 radical (unpaired) electrons. The highest BCUT2D eigenvalue weighted by Crippen LogP contribution is 2.26. The third kappa shape index (κ3) is 9.36. The van der Waals surface area contributed by atoms with E-state index in [1.165, 1.54) is 0 Å². The van der Waals surface area contributed by atoms with Crippen LogP contribution in [0.4, 0.5) is 0 Å². The van der Waals surface area contributed by atoms with Gasteiger partial charge >= 0.3 is 17.9 Å². The van der Waals surface area contributed by atoms with Gasteiger partial charge in [0.25, 0.3) is 0 Å². The molecule has 196 valence electrons. The predicted molar refractivity (Wildman–Crippen MR) is 137 cm³/mol. The number of benzene rings is 2. The quantitative estimate of drug-likeness (QED) is 0.206. The fourth-order valence-electron chi connectivity index (χ4n) is 3.62. The standard InChI is InChI=1S/C29H38O7/c1-19(2)35-28(31)22(6)26(29(32)36-20(3)4)18-21(5)27(30)34-17-16-33-25-14-12-24(13-15-25)23-10-8-7-9-11-23/h7-15,19-22,26H,16-18H2,1-6H3. The lowest BCUT2D eigenvalue weighted by Gasteiger charge is -2.25. The van der Waals surface area contributed by atoms with Gasteiger partial charge in [-0.2, -0.15) is 0 Å². The van der Waals surface area contributed by atoms with E-state index in [1.807, 2.05) is 54.6 Å². The zero-order valence-electron chi connectivity index (χ0n) is 22.1. The van der Waals surface area contributed by atoms with Crippen LogP contribution in [0, 0.1) is 17.8 Å². The van der Waals surface area contributed by atoms with Crippen molar-refractivity contribution in [1.82, 2.24) is 0 Å². The molecule has 0 aromatic heterocycles. The van der Waals surface area contributed by atoms with Gasteiger partial charge in [-0.1, -0.05) is 56.3 Å². The second-order valence-corrected chi connectivity index (χ2v) is 9.41. The van der Waals surface area contributed by atoms with Gasteiger partial charge in [-0.3, -0.25) is 14.4 Å². The van der Waals surface area contributed by atoms with Gasteiger partial charge in [0.2, 0.25) is 0 Å². The van der Waals surface area contributed by atoms with Crippen molar-refractivity contribution in [2.24, 2.45) is 17.8 Å². The van der Waals surface area contributed by atoms with Gasteiger partial charge in [0.1, 0.15) is 19.0 Å². The lowest BCUT2D eigenvalue weighted by molar-refractivity contribution is -0.166. The molecule has 0 aliphatic carbocycles. The molecule has 7 nitrogen and oxygen atoms in total. The van der Waals surface area contributed by atoms with Gasteiger partial charge in [-0.25, -0.2) is 0 Å². The van der Waals surface area contributed by atoms with E-state index in [-0.39, 0.29) is 31.8 Å². The van der Waals surface area contributed by atoms with Gasteiger partial charge in [0, 0.05) is 0 Å². The number of hydrogen-bond acceptors (Lipinski definition) is 7. The van der Waals surface area contributed by atoms with Crippen LogP contribution >= 0.6 is 0 Å². The van der Waals surface area contributed by atoms with Crippen molar-refractivity contribution in [3.05, 3.63) is 54.6 Å². The predicted octanol–water partition coefficient (Wildman–Crippen LogP) is 5.46. The summed E-state index contributed by atoms with van der Waals surface area (Å²) in [7, 11) is 0. The van der Waals surface area contributed by atoms with Crippen LogP contribution in [0.2, 0.25) is 0 Å². The second-order valence-electron chi connectivity index (χ2n) is 9.41. The number of rotatable bonds is 13. The molecule has 0 saturated carbocycles. The molecule has 2 aromatic carbocycles. The smallest absolute Gasteiger partial charge is 0.310 e. The maximum Gasteiger partial charge on any atom is 0.310 e. The van der Waals surface area contributed by atoms with Crippen LogP contribution in [-0.2, 0) is 28.6 Å². The van der Waals surface area contributed by atoms with Crippen LogP contribution in [0.25, 0.3) is 11.1 Å². The summed E-state index contributed by atoms with van der Waals surface area (Å²) in [6.45, 7) is 10.5. The number of carbonyl (C=O) groups is 3. The molecule has 0 saturated heterocycles. The molecule has 0 aliphatic rings. The Morgan fingerprint density at radius 1 is 0.667 bits per heavy atom. The summed E-state index contributed by atoms with van der Waals surface area (Å²) in [5, 5.41) is 0. The summed E-state index contributed by atoms with van der Waals surface area (Å²) in [6, 6.07) is 17.7. The van der Waals surface area contributed by atoms with E-state index in [2.05, 4.69) is 0 Å². The monoisotopic (exact) mass is 498 g/mol. The third-order valence-corrected chi connectivity index (χ3v) is 5.55. The van der Waals surface area contributed by atoms with Crippen molar-refractivity contribution in [2.75, 3.05) is 13.2 Å². The minimum absolute atomic E-state index is 0.0651. The molecule has 3 unspecified atom stereocenters. The minimum Gasteiger partial charge on any atom is -0.490 e. The van der Waals surface area contributed by atoms with E-state index in [1.54, 1.807) is 41.5 Å². The maximum absolute atomic E-state index is 12.7. The maximum atomic E-state index is 12.7. The molecule has 0 bridgehead atoms. The fourth-order valence-corrected chi connectivity index (χ4v) is 3.62. The van der Waals surface area contributed by atoms with Crippen molar-refractivity contribution in [3.8, 4) is 16.9 Å². The van der Waals surface area contributed by atoms with E-state index in [0.717, 1.165) is 11.1 Å². The Kier molecular flexibility index (Phi) is 11.4. The molecule has 0 N–H and O–H groups in total. The average Bonchev–Trinajstić information content (AvgIpc) is 2.84. The molecule has 7 heteroatoms. The van der Waals surface area contributed by atoms with Crippen LogP contribution in [0.1, 0.15) is 48.0 Å². The van der Waals surface area contributed by atoms with Gasteiger partial charge < -0.3 is 18.9 Å². The van der Waals surface area contributed by atoms with E-state index in [4.69, 9.17) is 18.9 Å². The Hall–Kier alpha value is -3.35. The first-order valence-electron chi connectivity index (χ1n) is 12.4. The molecule has 36 heavy (non-hydrogen) atoms. The van der Waals surface area contributed by atoms with E-state index in [9.17, 15) is 14.4 Å². The molecule has 0 aliphatic heterocycles. The highest BCUT2D eigenvalue weighted by molar-refractivity contribution is 5.83. The first kappa shape index (κ1) is 28.9. The SMILES string of the molecule is CC(C)OC(=O)C(C)C(CC(C)C(=O)OCCOc1ccc(-c2ccccc2)cc1)C(=O)OC(C)C. The van der Waals surface area contributed by atoms with Gasteiger partial charge in [0.05, 0.1) is 30.0 Å². The van der Waals surface area contributed by atoms with Crippen molar-refractivity contribution in [1.29, 1.82) is 0 Å². The molecule has 0 spiro atoms. The summed E-state index contributed by atoms with van der Waals surface area (Å²) in [5.41, 5.74) is 2.20. The zero-order valence-corrected chi connectivity index (χ0v) is 22.1. The van der Waals surface area contributed by atoms with Gasteiger partial charge in [-0.15, -0.1) is 0 Å². The Morgan fingerprint density at radius 2 is 1.22 bits per heavy atom. The lowest BCUT2D eigenvalue weighted by atomic mass is 9.85. The van der Waals surface area contributed by atoms with Crippen LogP contribution in [0.15, 0.2) is 54.6 Å². The first-order chi connectivity index (χ1) is 17.1. The minimum atomic E-state index is -0.819. The fraction of sp³-hybridized carbons (Fsp3) is 0.483. The number of carbonyl (C=O) groups excluding carboxylic acids is 3. The van der Waals surface area contributed by atoms with Crippen LogP contribution in [-0.4, -0.2) is 43.3 Å². The highest BCUT2D eigenvalue weighted by atomic mass is 16.6. The molecule has 3 atom stereocenters. The van der Waals surface area contributed by atoms with Crippen molar-refractivity contribution in [2.45, 2.75) is 60.2 Å². The van der Waals surface area contributed by atoms with Crippen molar-refractivity contribution in [3.63, 3.8) is 0 Å². The summed E-state index contributed by atoms with van der Waals surface area (Å²) >= 11 is 0. The topological polar surface area (TPSA) is 88.1 Å². The lowest BCUT2D eigenvalue weighted by Crippen LogP contribution is -2.35. The molecule has 0 heterocycles. The van der Waals surface area contributed by atoms with E-state index >= 15 is 0 Å². The van der Waals surface area contributed by atoms with E-state index < -0.39 is 35.7 Å². The van der Waals surface area contributed by atoms with Crippen LogP contribution < -0.4 is 4.74 Å².